The van der Waals surface area contributed by atoms with E-state index < -0.39 is 5.82 Å². The molecule has 4 aromatic rings. The van der Waals surface area contributed by atoms with E-state index in [1.54, 1.807) is 18.3 Å². The molecule has 3 heterocycles. The first-order valence-electron chi connectivity index (χ1n) is 11.9. The second-order valence-corrected chi connectivity index (χ2v) is 9.10. The third-order valence-corrected chi connectivity index (χ3v) is 6.54. The fourth-order valence-electron chi connectivity index (χ4n) is 4.48. The van der Waals surface area contributed by atoms with Gasteiger partial charge in [0.1, 0.15) is 5.65 Å². The number of carbonyl (C=O) groups is 1. The normalized spacial score (nSPS) is 14.3. The highest BCUT2D eigenvalue weighted by Gasteiger charge is 2.19. The maximum absolute atomic E-state index is 13.8. The van der Waals surface area contributed by atoms with E-state index in [0.717, 1.165) is 54.2 Å². The molecule has 1 aliphatic heterocycles. The standard InChI is InChI=1S/C27H29FN6O2/c1-18-14-20-17-29-27(30-21-6-9-23(28)24(16-21)36-3)31-26(20)34(18)22-7-4-19(5-8-22)15-25(35)33-12-10-32(2)11-13-33/h4-9,14,16-17H,10-13,15H2,1-3H3,(H,29,30,31). The number of carbonyl (C=O) groups excluding carboxylic acids is 1. The van der Waals surface area contributed by atoms with Crippen molar-refractivity contribution in [1.82, 2.24) is 24.3 Å². The molecule has 1 N–H and O–H groups in total. The average Bonchev–Trinajstić information content (AvgIpc) is 3.21. The largest absolute Gasteiger partial charge is 0.494 e. The first-order valence-corrected chi connectivity index (χ1v) is 11.9. The van der Waals surface area contributed by atoms with Gasteiger partial charge in [-0.25, -0.2) is 9.37 Å². The number of likely N-dealkylation sites (N-methyl/N-ethyl adjacent to an activating group) is 1. The summed E-state index contributed by atoms with van der Waals surface area (Å²) in [4.78, 5) is 26.0. The molecule has 0 bridgehead atoms. The zero-order valence-corrected chi connectivity index (χ0v) is 20.7. The van der Waals surface area contributed by atoms with Gasteiger partial charge < -0.3 is 19.9 Å². The summed E-state index contributed by atoms with van der Waals surface area (Å²) in [5.74, 6) is 0.272. The monoisotopic (exact) mass is 488 g/mol. The predicted molar refractivity (Wildman–Crippen MR) is 138 cm³/mol. The fraction of sp³-hybridized carbons (Fsp3) is 0.296. The van der Waals surface area contributed by atoms with Crippen molar-refractivity contribution in [3.8, 4) is 11.4 Å². The quantitative estimate of drug-likeness (QED) is 0.443. The lowest BCUT2D eigenvalue weighted by atomic mass is 10.1. The molecular weight excluding hydrogens is 459 g/mol. The molecule has 0 radical (unpaired) electrons. The number of aromatic nitrogens is 3. The number of amides is 1. The van der Waals surface area contributed by atoms with E-state index in [4.69, 9.17) is 9.72 Å². The molecule has 36 heavy (non-hydrogen) atoms. The summed E-state index contributed by atoms with van der Waals surface area (Å²) < 4.78 is 20.9. The molecule has 0 spiro atoms. The van der Waals surface area contributed by atoms with E-state index in [-0.39, 0.29) is 11.7 Å². The van der Waals surface area contributed by atoms with Gasteiger partial charge in [-0.2, -0.15) is 4.98 Å². The lowest BCUT2D eigenvalue weighted by Crippen LogP contribution is -2.47. The molecule has 0 aliphatic carbocycles. The van der Waals surface area contributed by atoms with Crippen molar-refractivity contribution in [3.63, 3.8) is 0 Å². The molecule has 2 aromatic heterocycles. The van der Waals surface area contributed by atoms with Crippen LogP contribution in [0.25, 0.3) is 16.7 Å². The Bertz CT molecular complexity index is 1390. The van der Waals surface area contributed by atoms with Crippen LogP contribution in [0.2, 0.25) is 0 Å². The smallest absolute Gasteiger partial charge is 0.229 e. The minimum Gasteiger partial charge on any atom is -0.494 e. The maximum atomic E-state index is 13.8. The minimum atomic E-state index is -0.433. The van der Waals surface area contributed by atoms with E-state index in [9.17, 15) is 9.18 Å². The highest BCUT2D eigenvalue weighted by molar-refractivity contribution is 5.81. The summed E-state index contributed by atoms with van der Waals surface area (Å²) in [5, 5.41) is 4.03. The van der Waals surface area contributed by atoms with Crippen LogP contribution >= 0.6 is 0 Å². The van der Waals surface area contributed by atoms with Crippen molar-refractivity contribution in [1.29, 1.82) is 0 Å². The second kappa shape index (κ2) is 9.94. The molecule has 0 saturated carbocycles. The molecule has 2 aromatic carbocycles. The Morgan fingerprint density at radius 3 is 2.56 bits per heavy atom. The molecule has 1 amide bonds. The number of aryl methyl sites for hydroxylation is 1. The molecule has 1 fully saturated rings. The number of methoxy groups -OCH3 is 1. The number of anilines is 2. The predicted octanol–water partition coefficient (Wildman–Crippen LogP) is 3.94. The van der Waals surface area contributed by atoms with Gasteiger partial charge in [0.15, 0.2) is 11.6 Å². The number of halogens is 1. The Hall–Kier alpha value is -3.98. The van der Waals surface area contributed by atoms with Crippen LogP contribution in [0.4, 0.5) is 16.0 Å². The van der Waals surface area contributed by atoms with Gasteiger partial charge in [-0.05, 0) is 49.9 Å². The number of ether oxygens (including phenoxy) is 1. The van der Waals surface area contributed by atoms with Crippen molar-refractivity contribution < 1.29 is 13.9 Å². The zero-order chi connectivity index (χ0) is 25.2. The molecule has 1 saturated heterocycles. The molecule has 186 valence electrons. The third-order valence-electron chi connectivity index (χ3n) is 6.54. The zero-order valence-electron chi connectivity index (χ0n) is 20.7. The van der Waals surface area contributed by atoms with Gasteiger partial charge in [0, 0.05) is 60.9 Å². The Morgan fingerprint density at radius 2 is 1.83 bits per heavy atom. The van der Waals surface area contributed by atoms with E-state index >= 15 is 0 Å². The van der Waals surface area contributed by atoms with E-state index in [1.165, 1.54) is 13.2 Å². The average molecular weight is 489 g/mol. The van der Waals surface area contributed by atoms with Gasteiger partial charge >= 0.3 is 0 Å². The number of nitrogens with zero attached hydrogens (tertiary/aromatic N) is 5. The van der Waals surface area contributed by atoms with Crippen molar-refractivity contribution >= 4 is 28.6 Å². The molecule has 0 atom stereocenters. The number of fused-ring (bicyclic) bond motifs is 1. The third kappa shape index (κ3) is 4.87. The Morgan fingerprint density at radius 1 is 1.08 bits per heavy atom. The van der Waals surface area contributed by atoms with Crippen LogP contribution in [0.5, 0.6) is 5.75 Å². The number of hydrogen-bond donors (Lipinski definition) is 1. The first kappa shape index (κ1) is 23.7. The van der Waals surface area contributed by atoms with Crippen LogP contribution in [-0.4, -0.2) is 70.6 Å². The van der Waals surface area contributed by atoms with Crippen LogP contribution in [0.3, 0.4) is 0 Å². The van der Waals surface area contributed by atoms with Gasteiger partial charge in [0.2, 0.25) is 11.9 Å². The van der Waals surface area contributed by atoms with Crippen molar-refractivity contribution in [2.75, 3.05) is 45.7 Å². The summed E-state index contributed by atoms with van der Waals surface area (Å²) in [6.07, 6.45) is 2.16. The number of rotatable bonds is 6. The lowest BCUT2D eigenvalue weighted by Gasteiger charge is -2.32. The summed E-state index contributed by atoms with van der Waals surface area (Å²) in [5.41, 5.74) is 4.32. The van der Waals surface area contributed by atoms with Crippen molar-refractivity contribution in [2.45, 2.75) is 13.3 Å². The van der Waals surface area contributed by atoms with Gasteiger partial charge in [-0.15, -0.1) is 0 Å². The first-order chi connectivity index (χ1) is 17.4. The van der Waals surface area contributed by atoms with Gasteiger partial charge in [0.25, 0.3) is 0 Å². The lowest BCUT2D eigenvalue weighted by molar-refractivity contribution is -0.132. The fourth-order valence-corrected chi connectivity index (χ4v) is 4.48. The number of benzene rings is 2. The van der Waals surface area contributed by atoms with Crippen LogP contribution in [0, 0.1) is 12.7 Å². The number of hydrogen-bond acceptors (Lipinski definition) is 6. The molecule has 1 aliphatic rings. The van der Waals surface area contributed by atoms with E-state index in [2.05, 4.69) is 26.8 Å². The summed E-state index contributed by atoms with van der Waals surface area (Å²) >= 11 is 0. The molecule has 9 heteroatoms. The highest BCUT2D eigenvalue weighted by Crippen LogP contribution is 2.26. The van der Waals surface area contributed by atoms with E-state index in [1.807, 2.05) is 42.2 Å². The maximum Gasteiger partial charge on any atom is 0.229 e. The Balaban J connectivity index is 1.36. The highest BCUT2D eigenvalue weighted by atomic mass is 19.1. The van der Waals surface area contributed by atoms with E-state index in [0.29, 0.717) is 18.1 Å². The molecular formula is C27H29FN6O2. The second-order valence-electron chi connectivity index (χ2n) is 9.10. The van der Waals surface area contributed by atoms with Crippen LogP contribution in [0.1, 0.15) is 11.3 Å². The van der Waals surface area contributed by atoms with Gasteiger partial charge in [0.05, 0.1) is 13.5 Å². The van der Waals surface area contributed by atoms with Crippen molar-refractivity contribution in [3.05, 3.63) is 71.8 Å². The molecule has 5 rings (SSSR count). The van der Waals surface area contributed by atoms with Crippen LogP contribution < -0.4 is 10.1 Å². The Labute approximate surface area is 209 Å². The summed E-state index contributed by atoms with van der Waals surface area (Å²) in [7, 11) is 3.51. The van der Waals surface area contributed by atoms with Gasteiger partial charge in [-0.1, -0.05) is 12.1 Å². The Kier molecular flexibility index (Phi) is 6.56. The van der Waals surface area contributed by atoms with Crippen LogP contribution in [-0.2, 0) is 11.2 Å². The van der Waals surface area contributed by atoms with Crippen molar-refractivity contribution in [2.24, 2.45) is 0 Å². The molecule has 8 nitrogen and oxygen atoms in total. The molecule has 0 unspecified atom stereocenters. The number of nitrogens with one attached hydrogen (secondary N) is 1. The topological polar surface area (TPSA) is 75.5 Å². The minimum absolute atomic E-state index is 0.145. The summed E-state index contributed by atoms with van der Waals surface area (Å²) in [6, 6.07) is 14.6. The number of piperazine rings is 1. The SMILES string of the molecule is COc1cc(Nc2ncc3cc(C)n(-c4ccc(CC(=O)N5CCN(C)CC5)cc4)c3n2)ccc1F. The van der Waals surface area contributed by atoms with Gasteiger partial charge in [-0.3, -0.25) is 9.36 Å². The summed E-state index contributed by atoms with van der Waals surface area (Å²) in [6.45, 7) is 5.41. The van der Waals surface area contributed by atoms with Crippen LogP contribution in [0.15, 0.2) is 54.7 Å².